The molecular formula is C39H71O7P. The van der Waals surface area contributed by atoms with E-state index in [1.807, 2.05) is 0 Å². The summed E-state index contributed by atoms with van der Waals surface area (Å²) in [5.41, 5.74) is 0. The maximum absolute atomic E-state index is 13.0. The fourth-order valence-electron chi connectivity index (χ4n) is 5.27. The van der Waals surface area contributed by atoms with E-state index in [9.17, 15) is 18.9 Å². The van der Waals surface area contributed by atoms with Crippen LogP contribution in [0.2, 0.25) is 0 Å². The minimum Gasteiger partial charge on any atom is -0.352 e. The van der Waals surface area contributed by atoms with Crippen LogP contribution in [0.3, 0.4) is 0 Å². The fourth-order valence-corrected chi connectivity index (χ4v) is 6.44. The largest absolute Gasteiger partial charge is 0.653 e. The zero-order valence-electron chi connectivity index (χ0n) is 30.6. The van der Waals surface area contributed by atoms with E-state index in [1.54, 1.807) is 0 Å². The Bertz CT molecular complexity index is 809. The van der Waals surface area contributed by atoms with Crippen molar-refractivity contribution >= 4 is 25.7 Å². The molecule has 0 radical (unpaired) electrons. The van der Waals surface area contributed by atoms with Crippen LogP contribution in [0.4, 0.5) is 0 Å². The number of phosphoric acid groups is 1. The number of carbonyl (C=O) groups is 3. The van der Waals surface area contributed by atoms with Crippen LogP contribution < -0.4 is 0 Å². The molecule has 0 aliphatic carbocycles. The molecule has 0 heterocycles. The first-order valence-electron chi connectivity index (χ1n) is 19.4. The molecular weight excluding hydrogens is 611 g/mol. The van der Waals surface area contributed by atoms with Crippen molar-refractivity contribution in [3.63, 3.8) is 0 Å². The first-order valence-corrected chi connectivity index (χ1v) is 20.9. The van der Waals surface area contributed by atoms with Crippen molar-refractivity contribution in [3.8, 4) is 0 Å². The quantitative estimate of drug-likeness (QED) is 0.0378. The van der Waals surface area contributed by atoms with Gasteiger partial charge in [-0.3, -0.25) is 14.4 Å². The Balaban J connectivity index is 4.06. The van der Waals surface area contributed by atoms with Gasteiger partial charge in [-0.15, -0.1) is 0 Å². The molecule has 0 aliphatic heterocycles. The van der Waals surface area contributed by atoms with Crippen molar-refractivity contribution in [2.75, 3.05) is 0 Å². The molecule has 0 fully saturated rings. The molecule has 0 aromatic carbocycles. The molecule has 0 saturated heterocycles. The highest BCUT2D eigenvalue weighted by Gasteiger charge is 2.38. The molecule has 0 bridgehead atoms. The monoisotopic (exact) mass is 682 g/mol. The van der Waals surface area contributed by atoms with E-state index in [4.69, 9.17) is 13.6 Å². The van der Waals surface area contributed by atoms with Crippen LogP contribution >= 0.6 is 7.82 Å². The van der Waals surface area contributed by atoms with E-state index < -0.39 is 25.7 Å². The number of allylic oxidation sites excluding steroid dienone is 4. The van der Waals surface area contributed by atoms with Crippen LogP contribution in [0.15, 0.2) is 24.3 Å². The van der Waals surface area contributed by atoms with Gasteiger partial charge in [-0.2, -0.15) is 4.57 Å². The Kier molecular flexibility index (Phi) is 32.6. The van der Waals surface area contributed by atoms with E-state index >= 15 is 0 Å². The standard InChI is InChI=1S/C39H71O7P/c1-4-7-9-11-13-15-17-19-21-23-25-27-29-31-33-35-38(41)45-47(43,44-37(40)6-3)46-39(42)36-34-32-30-28-26-24-22-20-18-16-14-12-10-8-5-2/h19-22H,4-18,23-36H2,1-3H3/b21-19-,22-20-. The minimum absolute atomic E-state index is 0.0254. The Morgan fingerprint density at radius 2 is 0.681 bits per heavy atom. The lowest BCUT2D eigenvalue weighted by atomic mass is 10.1. The van der Waals surface area contributed by atoms with E-state index in [1.165, 1.54) is 96.8 Å². The molecule has 274 valence electrons. The molecule has 0 spiro atoms. The lowest BCUT2D eigenvalue weighted by Gasteiger charge is -2.16. The first kappa shape index (κ1) is 45.1. The molecule has 0 aromatic heterocycles. The minimum atomic E-state index is -4.65. The van der Waals surface area contributed by atoms with Crippen molar-refractivity contribution in [2.45, 2.75) is 207 Å². The maximum Gasteiger partial charge on any atom is 0.653 e. The third-order valence-electron chi connectivity index (χ3n) is 8.21. The van der Waals surface area contributed by atoms with Gasteiger partial charge >= 0.3 is 25.7 Å². The second kappa shape index (κ2) is 34.0. The zero-order valence-corrected chi connectivity index (χ0v) is 31.5. The summed E-state index contributed by atoms with van der Waals surface area (Å²) < 4.78 is 27.7. The average molecular weight is 683 g/mol. The Morgan fingerprint density at radius 1 is 0.404 bits per heavy atom. The van der Waals surface area contributed by atoms with Crippen molar-refractivity contribution < 1.29 is 32.5 Å². The van der Waals surface area contributed by atoms with Gasteiger partial charge < -0.3 is 13.6 Å². The van der Waals surface area contributed by atoms with Crippen LogP contribution in [0.1, 0.15) is 207 Å². The van der Waals surface area contributed by atoms with E-state index in [0.717, 1.165) is 64.2 Å². The van der Waals surface area contributed by atoms with Crippen molar-refractivity contribution in [2.24, 2.45) is 0 Å². The van der Waals surface area contributed by atoms with Crippen molar-refractivity contribution in [3.05, 3.63) is 24.3 Å². The number of unbranched alkanes of at least 4 members (excludes halogenated alkanes) is 22. The fraction of sp³-hybridized carbons (Fsp3) is 0.821. The van der Waals surface area contributed by atoms with Gasteiger partial charge in [0.2, 0.25) is 0 Å². The van der Waals surface area contributed by atoms with Crippen molar-refractivity contribution in [1.82, 2.24) is 0 Å². The highest BCUT2D eigenvalue weighted by Crippen LogP contribution is 2.50. The molecule has 0 unspecified atom stereocenters. The predicted octanol–water partition coefficient (Wildman–Crippen LogP) is 13.2. The van der Waals surface area contributed by atoms with Crippen molar-refractivity contribution in [1.29, 1.82) is 0 Å². The summed E-state index contributed by atoms with van der Waals surface area (Å²) in [5.74, 6) is -2.43. The van der Waals surface area contributed by atoms with Crippen LogP contribution in [-0.4, -0.2) is 17.9 Å². The highest BCUT2D eigenvalue weighted by atomic mass is 31.2. The lowest BCUT2D eigenvalue weighted by molar-refractivity contribution is -0.144. The first-order chi connectivity index (χ1) is 22.9. The number of hydrogen-bond acceptors (Lipinski definition) is 7. The molecule has 47 heavy (non-hydrogen) atoms. The molecule has 0 aromatic rings. The molecule has 7 nitrogen and oxygen atoms in total. The Morgan fingerprint density at radius 3 is 1.00 bits per heavy atom. The summed E-state index contributed by atoms with van der Waals surface area (Å²) in [5, 5.41) is 0. The second-order valence-electron chi connectivity index (χ2n) is 12.9. The average Bonchev–Trinajstić information content (AvgIpc) is 3.04. The zero-order chi connectivity index (χ0) is 34.7. The lowest BCUT2D eigenvalue weighted by Crippen LogP contribution is -2.13. The summed E-state index contributed by atoms with van der Waals surface area (Å²) >= 11 is 0. The van der Waals surface area contributed by atoms with Crippen LogP contribution in [0, 0.1) is 0 Å². The van der Waals surface area contributed by atoms with Crippen LogP contribution in [0.5, 0.6) is 0 Å². The molecule has 0 atom stereocenters. The van der Waals surface area contributed by atoms with Gasteiger partial charge in [-0.1, -0.05) is 148 Å². The summed E-state index contributed by atoms with van der Waals surface area (Å²) in [6.07, 6.45) is 38.7. The summed E-state index contributed by atoms with van der Waals surface area (Å²) in [6.45, 7) is 6.01. The van der Waals surface area contributed by atoms with Gasteiger partial charge in [0.25, 0.3) is 0 Å². The van der Waals surface area contributed by atoms with Gasteiger partial charge in [-0.25, -0.2) is 0 Å². The number of hydrogen-bond donors (Lipinski definition) is 0. The summed E-state index contributed by atoms with van der Waals surface area (Å²) in [6, 6.07) is 0. The Hall–Kier alpha value is -1.88. The molecule has 8 heteroatoms. The predicted molar refractivity (Wildman–Crippen MR) is 195 cm³/mol. The topological polar surface area (TPSA) is 96.0 Å². The number of carbonyl (C=O) groups excluding carboxylic acids is 3. The molecule has 0 amide bonds. The molecule has 0 aliphatic rings. The van der Waals surface area contributed by atoms with Gasteiger partial charge in [-0.05, 0) is 64.2 Å². The van der Waals surface area contributed by atoms with Gasteiger partial charge in [0.05, 0.1) is 0 Å². The number of rotatable bonds is 34. The molecule has 0 N–H and O–H groups in total. The Labute approximate surface area is 289 Å². The molecule has 0 rings (SSSR count). The van der Waals surface area contributed by atoms with Gasteiger partial charge in [0.15, 0.2) is 0 Å². The second-order valence-corrected chi connectivity index (χ2v) is 14.3. The normalized spacial score (nSPS) is 11.8. The maximum atomic E-state index is 13.0. The third-order valence-corrected chi connectivity index (χ3v) is 9.50. The highest BCUT2D eigenvalue weighted by molar-refractivity contribution is 7.50. The van der Waals surface area contributed by atoms with E-state index in [0.29, 0.717) is 12.8 Å². The number of phosphoric ester groups is 1. The summed E-state index contributed by atoms with van der Waals surface area (Å²) in [7, 11) is -4.65. The third kappa shape index (κ3) is 32.4. The van der Waals surface area contributed by atoms with Crippen LogP contribution in [0.25, 0.3) is 0 Å². The SMILES string of the molecule is CCCCCCCC/C=C\CCCCCCCC(=O)OP(=O)(OC(=O)CC)OC(=O)CCCCCCC/C=C\CCCCCCCC. The van der Waals surface area contributed by atoms with E-state index in [2.05, 4.69) is 38.2 Å². The smallest absolute Gasteiger partial charge is 0.352 e. The van der Waals surface area contributed by atoms with E-state index in [-0.39, 0.29) is 19.3 Å². The molecule has 0 saturated carbocycles. The van der Waals surface area contributed by atoms with Gasteiger partial charge in [0.1, 0.15) is 0 Å². The summed E-state index contributed by atoms with van der Waals surface area (Å²) in [4.78, 5) is 36.5. The van der Waals surface area contributed by atoms with Crippen LogP contribution in [-0.2, 0) is 32.5 Å². The van der Waals surface area contributed by atoms with Gasteiger partial charge in [0, 0.05) is 19.3 Å².